The van der Waals surface area contributed by atoms with Gasteiger partial charge in [-0.05, 0) is 5.92 Å². The molecule has 0 bridgehead atoms. The quantitative estimate of drug-likeness (QED) is 0.841. The molecule has 0 radical (unpaired) electrons. The second-order valence-corrected chi connectivity index (χ2v) is 4.23. The second-order valence-electron chi connectivity index (χ2n) is 4.23. The van der Waals surface area contributed by atoms with Crippen molar-refractivity contribution in [2.75, 3.05) is 7.11 Å². The van der Waals surface area contributed by atoms with E-state index >= 15 is 0 Å². The summed E-state index contributed by atoms with van der Waals surface area (Å²) >= 11 is 0. The van der Waals surface area contributed by atoms with Gasteiger partial charge < -0.3 is 14.4 Å². The van der Waals surface area contributed by atoms with E-state index in [1.165, 1.54) is 13.3 Å². The summed E-state index contributed by atoms with van der Waals surface area (Å²) in [7, 11) is 1.40. The lowest BCUT2D eigenvalue weighted by atomic mass is 10.0. The molecule has 18 heavy (non-hydrogen) atoms. The molecule has 0 aliphatic carbocycles. The zero-order valence-electron chi connectivity index (χ0n) is 11.0. The van der Waals surface area contributed by atoms with E-state index in [0.29, 0.717) is 12.5 Å². The number of carbonyl (C=O) groups is 1. The van der Waals surface area contributed by atoms with Crippen LogP contribution >= 0.6 is 0 Å². The Morgan fingerprint density at radius 3 is 2.50 bits per heavy atom. The van der Waals surface area contributed by atoms with Crippen LogP contribution in [0.5, 0.6) is 5.75 Å². The number of aromatic carboxylic acids is 1. The molecule has 0 saturated carbocycles. The van der Waals surface area contributed by atoms with Gasteiger partial charge in [0.1, 0.15) is 5.69 Å². The molecule has 1 aromatic heterocycles. The fraction of sp³-hybridized carbons (Fsp3) is 0.538. The van der Waals surface area contributed by atoms with Gasteiger partial charge in [0.2, 0.25) is 5.43 Å². The van der Waals surface area contributed by atoms with Gasteiger partial charge in [-0.3, -0.25) is 4.79 Å². The molecule has 5 nitrogen and oxygen atoms in total. The van der Waals surface area contributed by atoms with Crippen LogP contribution in [0.2, 0.25) is 0 Å². The minimum atomic E-state index is -1.10. The highest BCUT2D eigenvalue weighted by molar-refractivity contribution is 5.85. The third-order valence-corrected chi connectivity index (χ3v) is 3.14. The fourth-order valence-electron chi connectivity index (χ4n) is 1.87. The first-order valence-electron chi connectivity index (χ1n) is 6.05. The highest BCUT2D eigenvalue weighted by Crippen LogP contribution is 2.14. The average Bonchev–Trinajstić information content (AvgIpc) is 2.36. The van der Waals surface area contributed by atoms with Gasteiger partial charge in [0.15, 0.2) is 5.75 Å². The molecule has 100 valence electrons. The average molecular weight is 253 g/mol. The van der Waals surface area contributed by atoms with Gasteiger partial charge in [0.25, 0.3) is 0 Å². The van der Waals surface area contributed by atoms with Gasteiger partial charge in [-0.15, -0.1) is 0 Å². The van der Waals surface area contributed by atoms with Gasteiger partial charge in [-0.1, -0.05) is 26.7 Å². The number of hydrogen-bond donors (Lipinski definition) is 1. The van der Waals surface area contributed by atoms with Crippen LogP contribution < -0.4 is 10.2 Å². The molecule has 0 aliphatic heterocycles. The van der Waals surface area contributed by atoms with Crippen LogP contribution in [0.15, 0.2) is 17.1 Å². The van der Waals surface area contributed by atoms with Gasteiger partial charge in [0, 0.05) is 12.6 Å². The maximum absolute atomic E-state index is 11.6. The molecular weight excluding hydrogens is 234 g/mol. The smallest absolute Gasteiger partial charge is 0.352 e. The first kappa shape index (κ1) is 14.3. The predicted molar refractivity (Wildman–Crippen MR) is 68.3 cm³/mol. The lowest BCUT2D eigenvalue weighted by Gasteiger charge is -2.17. The Morgan fingerprint density at radius 1 is 1.44 bits per heavy atom. The van der Waals surface area contributed by atoms with Crippen molar-refractivity contribution >= 4 is 5.97 Å². The molecule has 1 aromatic rings. The zero-order chi connectivity index (χ0) is 13.7. The Labute approximate surface area is 106 Å². The van der Waals surface area contributed by atoms with Crippen molar-refractivity contribution in [3.05, 3.63) is 28.2 Å². The van der Waals surface area contributed by atoms with Crippen molar-refractivity contribution in [3.63, 3.8) is 0 Å². The number of hydrogen-bond acceptors (Lipinski definition) is 3. The lowest BCUT2D eigenvalue weighted by Crippen LogP contribution is -2.21. The molecule has 1 heterocycles. The van der Waals surface area contributed by atoms with E-state index in [4.69, 9.17) is 9.84 Å². The van der Waals surface area contributed by atoms with E-state index in [9.17, 15) is 9.59 Å². The Kier molecular flexibility index (Phi) is 4.95. The molecule has 0 aliphatic rings. The zero-order valence-corrected chi connectivity index (χ0v) is 11.0. The van der Waals surface area contributed by atoms with Crippen LogP contribution in [0, 0.1) is 5.92 Å². The number of aromatic nitrogens is 1. The maximum Gasteiger partial charge on any atom is 0.352 e. The first-order valence-corrected chi connectivity index (χ1v) is 6.05. The summed E-state index contributed by atoms with van der Waals surface area (Å²) in [4.78, 5) is 22.7. The number of methoxy groups -OCH3 is 1. The molecule has 0 spiro atoms. The molecule has 0 fully saturated rings. The van der Waals surface area contributed by atoms with Crippen LogP contribution in [0.25, 0.3) is 0 Å². The van der Waals surface area contributed by atoms with Crippen molar-refractivity contribution < 1.29 is 14.6 Å². The summed E-state index contributed by atoms with van der Waals surface area (Å²) in [6.07, 6.45) is 3.40. The molecule has 5 heteroatoms. The van der Waals surface area contributed by atoms with Crippen LogP contribution in [0.4, 0.5) is 0 Å². The topological polar surface area (TPSA) is 68.5 Å². The van der Waals surface area contributed by atoms with Crippen LogP contribution in [0.1, 0.15) is 37.2 Å². The minimum absolute atomic E-state index is 0.00713. The highest BCUT2D eigenvalue weighted by Gasteiger charge is 2.15. The van der Waals surface area contributed by atoms with E-state index in [0.717, 1.165) is 18.9 Å². The van der Waals surface area contributed by atoms with Gasteiger partial charge in [0.05, 0.1) is 13.3 Å². The largest absolute Gasteiger partial charge is 0.491 e. The van der Waals surface area contributed by atoms with E-state index in [1.54, 1.807) is 4.57 Å². The van der Waals surface area contributed by atoms with Crippen molar-refractivity contribution in [1.29, 1.82) is 0 Å². The molecule has 0 aromatic carbocycles. The third-order valence-electron chi connectivity index (χ3n) is 3.14. The summed E-state index contributed by atoms with van der Waals surface area (Å²) in [6, 6.07) is 1.11. The first-order chi connectivity index (χ1) is 8.53. The summed E-state index contributed by atoms with van der Waals surface area (Å²) < 4.78 is 6.53. The molecule has 0 atom stereocenters. The Hall–Kier alpha value is -1.78. The monoisotopic (exact) mass is 253 g/mol. The normalized spacial score (nSPS) is 10.7. The Morgan fingerprint density at radius 2 is 2.06 bits per heavy atom. The maximum atomic E-state index is 11.6. The number of carboxylic acid groups (broad SMARTS) is 1. The van der Waals surface area contributed by atoms with E-state index in [1.807, 2.05) is 0 Å². The van der Waals surface area contributed by atoms with Gasteiger partial charge in [-0.25, -0.2) is 4.79 Å². The number of nitrogens with zero attached hydrogens (tertiary/aromatic N) is 1. The standard InChI is InChI=1S/C13H19NO4/c1-4-9(5-2)7-14-8-12(18-3)11(15)6-10(14)13(16)17/h6,8-9H,4-5,7H2,1-3H3,(H,16,17). The van der Waals surface area contributed by atoms with Crippen LogP contribution in [0.3, 0.4) is 0 Å². The van der Waals surface area contributed by atoms with Crippen molar-refractivity contribution in [2.45, 2.75) is 33.2 Å². The number of pyridine rings is 1. The van der Waals surface area contributed by atoms with Crippen molar-refractivity contribution in [3.8, 4) is 5.75 Å². The summed E-state index contributed by atoms with van der Waals surface area (Å²) in [6.45, 7) is 4.70. The van der Waals surface area contributed by atoms with Crippen LogP contribution in [-0.2, 0) is 6.54 Å². The van der Waals surface area contributed by atoms with Crippen molar-refractivity contribution in [1.82, 2.24) is 4.57 Å². The van der Waals surface area contributed by atoms with E-state index in [2.05, 4.69) is 13.8 Å². The molecule has 0 unspecified atom stereocenters. The minimum Gasteiger partial charge on any atom is -0.491 e. The highest BCUT2D eigenvalue weighted by atomic mass is 16.5. The van der Waals surface area contributed by atoms with Crippen molar-refractivity contribution in [2.24, 2.45) is 5.92 Å². The number of rotatable bonds is 6. The van der Waals surface area contributed by atoms with Crippen LogP contribution in [-0.4, -0.2) is 22.8 Å². The second kappa shape index (κ2) is 6.23. The number of carboxylic acids is 1. The molecule has 1 N–H and O–H groups in total. The Bertz CT molecular complexity index is 474. The number of ether oxygens (including phenoxy) is 1. The summed E-state index contributed by atoms with van der Waals surface area (Å²) in [5, 5.41) is 9.11. The molecular formula is C13H19NO4. The Balaban J connectivity index is 3.21. The molecule has 1 rings (SSSR count). The van der Waals surface area contributed by atoms with E-state index in [-0.39, 0.29) is 11.4 Å². The van der Waals surface area contributed by atoms with E-state index < -0.39 is 11.4 Å². The SMILES string of the molecule is CCC(CC)Cn1cc(OC)c(=O)cc1C(=O)O. The van der Waals surface area contributed by atoms with Gasteiger partial charge in [-0.2, -0.15) is 0 Å². The molecule has 0 saturated heterocycles. The third kappa shape index (κ3) is 3.12. The summed E-state index contributed by atoms with van der Waals surface area (Å²) in [5.41, 5.74) is -0.400. The summed E-state index contributed by atoms with van der Waals surface area (Å²) in [5.74, 6) is -0.540. The molecule has 0 amide bonds. The lowest BCUT2D eigenvalue weighted by molar-refractivity contribution is 0.0682. The van der Waals surface area contributed by atoms with Gasteiger partial charge >= 0.3 is 5.97 Å². The predicted octanol–water partition coefficient (Wildman–Crippen LogP) is 1.99. The fourth-order valence-corrected chi connectivity index (χ4v) is 1.87.